The van der Waals surface area contributed by atoms with Crippen LogP contribution < -0.4 is 10.6 Å². The Morgan fingerprint density at radius 1 is 1.17 bits per heavy atom. The largest absolute Gasteiger partial charge is 0.459 e. The fourth-order valence-corrected chi connectivity index (χ4v) is 4.65. The summed E-state index contributed by atoms with van der Waals surface area (Å²) in [6, 6.07) is 13.5. The smallest absolute Gasteiger partial charge is 0.287 e. The van der Waals surface area contributed by atoms with Crippen LogP contribution in [0.1, 0.15) is 41.8 Å². The number of hydrogen-bond acceptors (Lipinski definition) is 4. The van der Waals surface area contributed by atoms with Crippen LogP contribution in [-0.4, -0.2) is 24.0 Å². The number of amides is 1. The van der Waals surface area contributed by atoms with Gasteiger partial charge in [0.15, 0.2) is 5.76 Å². The molecule has 2 atom stereocenters. The summed E-state index contributed by atoms with van der Waals surface area (Å²) < 4.78 is 5.48. The van der Waals surface area contributed by atoms with Crippen molar-refractivity contribution in [2.24, 2.45) is 0 Å². The number of fused-ring (bicyclic) bond motifs is 2. The molecule has 2 saturated heterocycles. The lowest BCUT2D eigenvalue weighted by atomic mass is 9.99. The average Bonchev–Trinajstić information content (AvgIpc) is 3.20. The molecule has 2 aromatic rings. The van der Waals surface area contributed by atoms with Gasteiger partial charge in [0, 0.05) is 34.3 Å². The van der Waals surface area contributed by atoms with E-state index < -0.39 is 0 Å². The number of rotatable bonds is 5. The maximum absolute atomic E-state index is 12.6. The Morgan fingerprint density at radius 2 is 1.92 bits per heavy atom. The van der Waals surface area contributed by atoms with Gasteiger partial charge >= 0.3 is 0 Å². The number of benzene rings is 1. The van der Waals surface area contributed by atoms with Crippen molar-refractivity contribution in [3.05, 3.63) is 54.0 Å². The Hall–Kier alpha value is -1.72. The summed E-state index contributed by atoms with van der Waals surface area (Å²) in [5, 5.41) is 6.78. The molecule has 0 radical (unpaired) electrons. The van der Waals surface area contributed by atoms with Gasteiger partial charge in [0.05, 0.1) is 6.26 Å². The van der Waals surface area contributed by atoms with Crippen molar-refractivity contribution in [3.8, 4) is 0 Å². The zero-order valence-corrected chi connectivity index (χ0v) is 14.4. The van der Waals surface area contributed by atoms with Gasteiger partial charge in [0.2, 0.25) is 0 Å². The molecule has 2 fully saturated rings. The highest BCUT2D eigenvalue weighted by Gasteiger charge is 2.34. The summed E-state index contributed by atoms with van der Waals surface area (Å²) in [5.74, 6) is 1.13. The average molecular weight is 342 g/mol. The highest BCUT2D eigenvalue weighted by atomic mass is 32.2. The number of nitrogens with one attached hydrogen (secondary N) is 2. The van der Waals surface area contributed by atoms with Crippen LogP contribution in [0, 0.1) is 0 Å². The molecule has 4 rings (SSSR count). The molecule has 1 aromatic carbocycles. The molecular formula is C19H22N2O2S. The summed E-state index contributed by atoms with van der Waals surface area (Å²) in [4.78, 5) is 13.8. The van der Waals surface area contributed by atoms with Gasteiger partial charge in [0.25, 0.3) is 5.91 Å². The Morgan fingerprint density at radius 3 is 2.67 bits per heavy atom. The molecule has 0 saturated carbocycles. The number of carbonyl (C=O) groups is 1. The van der Waals surface area contributed by atoms with Crippen LogP contribution in [0.3, 0.4) is 0 Å². The van der Waals surface area contributed by atoms with E-state index in [-0.39, 0.29) is 11.9 Å². The van der Waals surface area contributed by atoms with E-state index in [9.17, 15) is 4.79 Å². The number of hydrogen-bond donors (Lipinski definition) is 2. The molecular weight excluding hydrogens is 320 g/mol. The van der Waals surface area contributed by atoms with E-state index in [1.165, 1.54) is 17.7 Å². The lowest BCUT2D eigenvalue weighted by Gasteiger charge is -2.29. The molecule has 2 unspecified atom stereocenters. The third-order valence-electron chi connectivity index (χ3n) is 4.90. The van der Waals surface area contributed by atoms with E-state index in [0.29, 0.717) is 17.8 Å². The predicted molar refractivity (Wildman–Crippen MR) is 95.1 cm³/mol. The maximum atomic E-state index is 12.6. The van der Waals surface area contributed by atoms with E-state index in [4.69, 9.17) is 4.42 Å². The molecule has 1 aromatic heterocycles. The van der Waals surface area contributed by atoms with Gasteiger partial charge in [-0.3, -0.25) is 4.79 Å². The Labute approximate surface area is 146 Å². The first kappa shape index (κ1) is 15.8. The monoisotopic (exact) mass is 342 g/mol. The highest BCUT2D eigenvalue weighted by molar-refractivity contribution is 7.98. The van der Waals surface area contributed by atoms with Crippen LogP contribution in [0.5, 0.6) is 0 Å². The molecule has 2 N–H and O–H groups in total. The van der Waals surface area contributed by atoms with Gasteiger partial charge in [-0.2, -0.15) is 0 Å². The van der Waals surface area contributed by atoms with Gasteiger partial charge in [-0.05, 0) is 43.9 Å². The quantitative estimate of drug-likeness (QED) is 0.816. The standard InChI is InChI=1S/C19H22N2O2S/c22-19(21-16-10-14-6-7-15(11-16)20-14)18-13(8-9-23-18)12-24-17-4-2-1-3-5-17/h1-5,8-9,14-16,20H,6-7,10-12H2,(H,21,22). The molecule has 5 heteroatoms. The Kier molecular flexibility index (Phi) is 4.63. The van der Waals surface area contributed by atoms with Crippen molar-refractivity contribution < 1.29 is 9.21 Å². The highest BCUT2D eigenvalue weighted by Crippen LogP contribution is 2.28. The topological polar surface area (TPSA) is 54.3 Å². The normalized spacial score (nSPS) is 25.6. The van der Waals surface area contributed by atoms with Crippen LogP contribution in [0.25, 0.3) is 0 Å². The third-order valence-corrected chi connectivity index (χ3v) is 5.96. The van der Waals surface area contributed by atoms with Crippen molar-refractivity contribution in [2.75, 3.05) is 0 Å². The van der Waals surface area contributed by atoms with Gasteiger partial charge in [0.1, 0.15) is 0 Å². The molecule has 2 aliphatic heterocycles. The molecule has 2 bridgehead atoms. The van der Waals surface area contributed by atoms with Gasteiger partial charge in [-0.15, -0.1) is 11.8 Å². The fraction of sp³-hybridized carbons (Fsp3) is 0.421. The Balaban J connectivity index is 1.37. The number of furan rings is 1. The molecule has 0 aliphatic carbocycles. The second-order valence-corrected chi connectivity index (χ2v) is 7.71. The van der Waals surface area contributed by atoms with Crippen LogP contribution >= 0.6 is 11.8 Å². The van der Waals surface area contributed by atoms with Crippen molar-refractivity contribution in [1.29, 1.82) is 0 Å². The zero-order chi connectivity index (χ0) is 16.4. The first-order valence-corrected chi connectivity index (χ1v) is 9.57. The number of thioether (sulfide) groups is 1. The molecule has 3 heterocycles. The summed E-state index contributed by atoms with van der Waals surface area (Å²) in [7, 11) is 0. The number of carbonyl (C=O) groups excluding carboxylic acids is 1. The maximum Gasteiger partial charge on any atom is 0.287 e. The molecule has 1 amide bonds. The lowest BCUT2D eigenvalue weighted by molar-refractivity contribution is 0.0895. The van der Waals surface area contributed by atoms with Gasteiger partial charge in [-0.25, -0.2) is 0 Å². The molecule has 2 aliphatic rings. The summed E-state index contributed by atoms with van der Waals surface area (Å²) in [5.41, 5.74) is 0.957. The van der Waals surface area contributed by atoms with E-state index >= 15 is 0 Å². The molecule has 126 valence electrons. The summed E-state index contributed by atoms with van der Waals surface area (Å²) in [6.07, 6.45) is 6.13. The second-order valence-electron chi connectivity index (χ2n) is 6.66. The lowest BCUT2D eigenvalue weighted by Crippen LogP contribution is -2.48. The van der Waals surface area contributed by atoms with Crippen molar-refractivity contribution >= 4 is 17.7 Å². The van der Waals surface area contributed by atoms with E-state index in [2.05, 4.69) is 22.8 Å². The SMILES string of the molecule is O=C(NC1CC2CCC(C1)N2)c1occc1CSc1ccccc1. The van der Waals surface area contributed by atoms with E-state index in [0.717, 1.165) is 24.2 Å². The fourth-order valence-electron chi connectivity index (χ4n) is 3.75. The number of piperidine rings is 1. The second kappa shape index (κ2) is 7.03. The van der Waals surface area contributed by atoms with Gasteiger partial charge in [-0.1, -0.05) is 18.2 Å². The third kappa shape index (κ3) is 3.52. The van der Waals surface area contributed by atoms with Crippen LogP contribution in [-0.2, 0) is 5.75 Å². The predicted octanol–water partition coefficient (Wildman–Crippen LogP) is 3.58. The molecule has 0 spiro atoms. The first-order chi connectivity index (χ1) is 11.8. The summed E-state index contributed by atoms with van der Waals surface area (Å²) >= 11 is 1.72. The Bertz CT molecular complexity index is 688. The van der Waals surface area contributed by atoms with Crippen LogP contribution in [0.4, 0.5) is 0 Å². The minimum absolute atomic E-state index is 0.0741. The minimum atomic E-state index is -0.0741. The van der Waals surface area contributed by atoms with Crippen molar-refractivity contribution in [2.45, 2.75) is 54.5 Å². The molecule has 24 heavy (non-hydrogen) atoms. The van der Waals surface area contributed by atoms with E-state index in [1.54, 1.807) is 18.0 Å². The van der Waals surface area contributed by atoms with Crippen LogP contribution in [0.2, 0.25) is 0 Å². The minimum Gasteiger partial charge on any atom is -0.459 e. The van der Waals surface area contributed by atoms with Crippen molar-refractivity contribution in [3.63, 3.8) is 0 Å². The first-order valence-electron chi connectivity index (χ1n) is 8.59. The zero-order valence-electron chi connectivity index (χ0n) is 13.5. The summed E-state index contributed by atoms with van der Waals surface area (Å²) in [6.45, 7) is 0. The van der Waals surface area contributed by atoms with E-state index in [1.807, 2.05) is 24.3 Å². The van der Waals surface area contributed by atoms with Crippen molar-refractivity contribution in [1.82, 2.24) is 10.6 Å². The van der Waals surface area contributed by atoms with Gasteiger partial charge < -0.3 is 15.1 Å². The molecule has 4 nitrogen and oxygen atoms in total. The van der Waals surface area contributed by atoms with Crippen LogP contribution in [0.15, 0.2) is 52.0 Å².